The van der Waals surface area contributed by atoms with Gasteiger partial charge >= 0.3 is 0 Å². The first-order valence-electron chi connectivity index (χ1n) is 8.90. The molecule has 4 nitrogen and oxygen atoms in total. The number of hydrogen-bond acceptors (Lipinski definition) is 3. The summed E-state index contributed by atoms with van der Waals surface area (Å²) in [5.41, 5.74) is 2.03. The van der Waals surface area contributed by atoms with E-state index in [1.54, 1.807) is 0 Å². The summed E-state index contributed by atoms with van der Waals surface area (Å²) in [4.78, 5) is 29.6. The Balaban J connectivity index is 2.01. The van der Waals surface area contributed by atoms with Crippen LogP contribution in [-0.2, 0) is 9.59 Å². The molecular weight excluding hydrogens is 300 g/mol. The number of carbonyl (C=O) groups is 2. The van der Waals surface area contributed by atoms with Gasteiger partial charge in [-0.1, -0.05) is 51.1 Å². The molecule has 0 aliphatic carbocycles. The van der Waals surface area contributed by atoms with Crippen LogP contribution in [0, 0.1) is 11.8 Å². The van der Waals surface area contributed by atoms with E-state index >= 15 is 0 Å². The Bertz CT molecular complexity index is 655. The molecule has 0 N–H and O–H groups in total. The Morgan fingerprint density at radius 3 is 2.25 bits per heavy atom. The molecule has 128 valence electrons. The van der Waals surface area contributed by atoms with E-state index in [0.717, 1.165) is 31.5 Å². The monoisotopic (exact) mass is 326 g/mol. The average molecular weight is 326 g/mol. The van der Waals surface area contributed by atoms with Crippen LogP contribution in [0.5, 0.6) is 0 Å². The molecule has 0 spiro atoms. The predicted octanol–water partition coefficient (Wildman–Crippen LogP) is 3.15. The largest absolute Gasteiger partial charge is 0.366 e. The van der Waals surface area contributed by atoms with E-state index in [1.807, 2.05) is 44.2 Å². The van der Waals surface area contributed by atoms with E-state index in [2.05, 4.69) is 11.8 Å². The highest BCUT2D eigenvalue weighted by Gasteiger charge is 2.42. The van der Waals surface area contributed by atoms with Crippen LogP contribution in [0.4, 0.5) is 0 Å². The summed E-state index contributed by atoms with van der Waals surface area (Å²) in [6.45, 7) is 8.48. The molecule has 2 aliphatic rings. The summed E-state index contributed by atoms with van der Waals surface area (Å²) in [6.07, 6.45) is 2.13. The lowest BCUT2D eigenvalue weighted by atomic mass is 9.97. The van der Waals surface area contributed by atoms with Crippen LogP contribution < -0.4 is 0 Å². The quantitative estimate of drug-likeness (QED) is 0.798. The van der Waals surface area contributed by atoms with E-state index < -0.39 is 0 Å². The van der Waals surface area contributed by atoms with Crippen LogP contribution in [0.25, 0.3) is 5.57 Å². The third kappa shape index (κ3) is 3.10. The van der Waals surface area contributed by atoms with Crippen molar-refractivity contribution in [1.82, 2.24) is 9.80 Å². The molecule has 24 heavy (non-hydrogen) atoms. The van der Waals surface area contributed by atoms with Crippen molar-refractivity contribution in [3.8, 4) is 0 Å². The minimum atomic E-state index is -0.145. The van der Waals surface area contributed by atoms with Crippen LogP contribution >= 0.6 is 0 Å². The molecule has 0 radical (unpaired) electrons. The first-order valence-corrected chi connectivity index (χ1v) is 8.90. The van der Waals surface area contributed by atoms with Gasteiger partial charge in [0.1, 0.15) is 5.70 Å². The highest BCUT2D eigenvalue weighted by Crippen LogP contribution is 2.34. The Hall–Kier alpha value is -2.10. The number of hydrogen-bond donors (Lipinski definition) is 0. The zero-order valence-corrected chi connectivity index (χ0v) is 14.8. The third-order valence-electron chi connectivity index (χ3n) is 4.85. The molecule has 0 atom stereocenters. The minimum absolute atomic E-state index is 0.123. The lowest BCUT2D eigenvalue weighted by Crippen LogP contribution is -2.39. The molecule has 4 heteroatoms. The van der Waals surface area contributed by atoms with Crippen molar-refractivity contribution in [2.75, 3.05) is 19.6 Å². The van der Waals surface area contributed by atoms with E-state index in [9.17, 15) is 9.59 Å². The van der Waals surface area contributed by atoms with Crippen LogP contribution in [-0.4, -0.2) is 41.2 Å². The standard InChI is InChI=1S/C20H26N2O2/c1-14(2)13-22-19(23)17(16-7-5-4-6-8-16)18(20(22)24)21-11-9-15(3)10-12-21/h4-8,14-15H,9-13H2,1-3H3. The maximum atomic E-state index is 13.0. The van der Waals surface area contributed by atoms with Crippen LogP contribution in [0.2, 0.25) is 0 Å². The van der Waals surface area contributed by atoms with Crippen molar-refractivity contribution in [3.63, 3.8) is 0 Å². The fourth-order valence-electron chi connectivity index (χ4n) is 3.48. The molecule has 1 fully saturated rings. The van der Waals surface area contributed by atoms with Crippen molar-refractivity contribution < 1.29 is 9.59 Å². The van der Waals surface area contributed by atoms with Gasteiger partial charge in [-0.25, -0.2) is 0 Å². The predicted molar refractivity (Wildman–Crippen MR) is 94.9 cm³/mol. The Morgan fingerprint density at radius 1 is 1.04 bits per heavy atom. The number of piperidine rings is 1. The zero-order valence-electron chi connectivity index (χ0n) is 14.8. The molecule has 3 rings (SSSR count). The van der Waals surface area contributed by atoms with Crippen molar-refractivity contribution in [3.05, 3.63) is 41.6 Å². The summed E-state index contributed by atoms with van der Waals surface area (Å²) < 4.78 is 0. The molecule has 0 aromatic heterocycles. The zero-order chi connectivity index (χ0) is 17.3. The number of likely N-dealkylation sites (tertiary alicyclic amines) is 1. The second kappa shape index (κ2) is 6.80. The van der Waals surface area contributed by atoms with Crippen molar-refractivity contribution in [2.45, 2.75) is 33.6 Å². The van der Waals surface area contributed by atoms with Crippen molar-refractivity contribution >= 4 is 17.4 Å². The van der Waals surface area contributed by atoms with Gasteiger partial charge in [0.25, 0.3) is 11.8 Å². The number of carbonyl (C=O) groups excluding carboxylic acids is 2. The molecule has 2 heterocycles. The first kappa shape index (κ1) is 16.7. The van der Waals surface area contributed by atoms with E-state index in [0.29, 0.717) is 23.7 Å². The summed E-state index contributed by atoms with van der Waals surface area (Å²) >= 11 is 0. The smallest absolute Gasteiger partial charge is 0.277 e. The fraction of sp³-hybridized carbons (Fsp3) is 0.500. The number of rotatable bonds is 4. The Kier molecular flexibility index (Phi) is 4.74. The molecule has 1 aromatic carbocycles. The third-order valence-corrected chi connectivity index (χ3v) is 4.85. The molecule has 2 amide bonds. The number of amides is 2. The minimum Gasteiger partial charge on any atom is -0.366 e. The van der Waals surface area contributed by atoms with Gasteiger partial charge in [0.15, 0.2) is 0 Å². The van der Waals surface area contributed by atoms with Gasteiger partial charge in [0, 0.05) is 19.6 Å². The van der Waals surface area contributed by atoms with Gasteiger partial charge in [0.2, 0.25) is 0 Å². The maximum absolute atomic E-state index is 13.0. The van der Waals surface area contributed by atoms with Crippen LogP contribution in [0.1, 0.15) is 39.2 Å². The average Bonchev–Trinajstić information content (AvgIpc) is 2.81. The van der Waals surface area contributed by atoms with Gasteiger partial charge < -0.3 is 4.90 Å². The first-order chi connectivity index (χ1) is 11.5. The van der Waals surface area contributed by atoms with Gasteiger partial charge in [-0.15, -0.1) is 0 Å². The highest BCUT2D eigenvalue weighted by atomic mass is 16.2. The van der Waals surface area contributed by atoms with Crippen LogP contribution in [0.3, 0.4) is 0 Å². The SMILES string of the molecule is CC(C)CN1C(=O)C(c2ccccc2)=C(N2CCC(C)CC2)C1=O. The highest BCUT2D eigenvalue weighted by molar-refractivity contribution is 6.35. The summed E-state index contributed by atoms with van der Waals surface area (Å²) in [5.74, 6) is 0.673. The molecule has 0 saturated carbocycles. The maximum Gasteiger partial charge on any atom is 0.277 e. The fourth-order valence-corrected chi connectivity index (χ4v) is 3.48. The van der Waals surface area contributed by atoms with Gasteiger partial charge in [-0.05, 0) is 30.2 Å². The normalized spacial score (nSPS) is 19.8. The van der Waals surface area contributed by atoms with Crippen molar-refractivity contribution in [2.24, 2.45) is 11.8 Å². The molecule has 0 unspecified atom stereocenters. The lowest BCUT2D eigenvalue weighted by Gasteiger charge is -2.32. The summed E-state index contributed by atoms with van der Waals surface area (Å²) in [7, 11) is 0. The molecule has 1 aromatic rings. The van der Waals surface area contributed by atoms with Gasteiger partial charge in [0.05, 0.1) is 5.57 Å². The summed E-state index contributed by atoms with van der Waals surface area (Å²) in [6, 6.07) is 9.61. The van der Waals surface area contributed by atoms with E-state index in [-0.39, 0.29) is 17.7 Å². The number of benzene rings is 1. The molecule has 0 bridgehead atoms. The second-order valence-electron chi connectivity index (χ2n) is 7.37. The molecule has 1 saturated heterocycles. The topological polar surface area (TPSA) is 40.6 Å². The van der Waals surface area contributed by atoms with Gasteiger partial charge in [-0.2, -0.15) is 0 Å². The summed E-state index contributed by atoms with van der Waals surface area (Å²) in [5, 5.41) is 0. The Morgan fingerprint density at radius 2 is 1.67 bits per heavy atom. The van der Waals surface area contributed by atoms with Crippen LogP contribution in [0.15, 0.2) is 36.0 Å². The number of imide groups is 1. The van der Waals surface area contributed by atoms with Gasteiger partial charge in [-0.3, -0.25) is 14.5 Å². The Labute approximate surface area is 144 Å². The van der Waals surface area contributed by atoms with Crippen molar-refractivity contribution in [1.29, 1.82) is 0 Å². The van der Waals surface area contributed by atoms with E-state index in [1.165, 1.54) is 4.90 Å². The molecule has 2 aliphatic heterocycles. The lowest BCUT2D eigenvalue weighted by molar-refractivity contribution is -0.138. The molecular formula is C20H26N2O2. The van der Waals surface area contributed by atoms with E-state index in [4.69, 9.17) is 0 Å². The number of nitrogens with zero attached hydrogens (tertiary/aromatic N) is 2. The second-order valence-corrected chi connectivity index (χ2v) is 7.37.